The van der Waals surface area contributed by atoms with Gasteiger partial charge in [0.05, 0.1) is 0 Å². The quantitative estimate of drug-likeness (QED) is 0.679. The number of carbonyl (C=O) groups is 1. The van der Waals surface area contributed by atoms with Gasteiger partial charge in [0.15, 0.2) is 0 Å². The maximum atomic E-state index is 11.3. The highest BCUT2D eigenvalue weighted by Crippen LogP contribution is 2.31. The van der Waals surface area contributed by atoms with Crippen LogP contribution < -0.4 is 5.73 Å². The molecule has 1 unspecified atom stereocenters. The summed E-state index contributed by atoms with van der Waals surface area (Å²) in [5.74, 6) is -0.941. The Bertz CT molecular complexity index is 397. The van der Waals surface area contributed by atoms with Gasteiger partial charge in [-0.25, -0.2) is 0 Å². The van der Waals surface area contributed by atoms with Crippen molar-refractivity contribution in [3.8, 4) is 0 Å². The second kappa shape index (κ2) is 4.70. The van der Waals surface area contributed by atoms with Gasteiger partial charge in [-0.3, -0.25) is 9.89 Å². The van der Waals surface area contributed by atoms with Crippen LogP contribution in [0.5, 0.6) is 0 Å². The highest BCUT2D eigenvalue weighted by Gasteiger charge is 2.34. The number of piperidine rings is 1. The van der Waals surface area contributed by atoms with Crippen molar-refractivity contribution in [2.75, 3.05) is 25.9 Å². The number of rotatable bonds is 3. The molecule has 2 heterocycles. The molecule has 0 bridgehead atoms. The Morgan fingerprint density at radius 1 is 1.59 bits per heavy atom. The summed E-state index contributed by atoms with van der Waals surface area (Å²) in [7, 11) is 2.04. The van der Waals surface area contributed by atoms with Gasteiger partial charge in [-0.05, 0) is 38.9 Å². The van der Waals surface area contributed by atoms with Crippen LogP contribution in [-0.2, 0) is 4.79 Å². The molecule has 0 aliphatic carbocycles. The number of aromatic nitrogens is 3. The molecule has 1 aromatic heterocycles. The van der Waals surface area contributed by atoms with Gasteiger partial charge in [-0.15, -0.1) is 5.10 Å². The number of hydrogen-bond acceptors (Lipinski definition) is 5. The first-order valence-electron chi connectivity index (χ1n) is 5.67. The number of aliphatic carboxylic acids is 1. The fourth-order valence-electron chi connectivity index (χ4n) is 2.33. The molecule has 7 nitrogen and oxygen atoms in total. The number of carboxylic acids is 1. The van der Waals surface area contributed by atoms with Gasteiger partial charge in [0.2, 0.25) is 5.95 Å². The number of hydrogen-bond donors (Lipinski definition) is 3. The molecule has 7 heteroatoms. The van der Waals surface area contributed by atoms with E-state index in [9.17, 15) is 9.90 Å². The smallest absolute Gasteiger partial charge is 0.314 e. The Balaban J connectivity index is 2.15. The number of nitrogen functional groups attached to an aromatic ring is 1. The fraction of sp³-hybridized carbons (Fsp3) is 0.700. The second-order valence-corrected chi connectivity index (χ2v) is 4.54. The third-order valence-corrected chi connectivity index (χ3v) is 3.32. The number of anilines is 1. The molecule has 4 N–H and O–H groups in total. The molecule has 0 spiro atoms. The van der Waals surface area contributed by atoms with Gasteiger partial charge in [0.1, 0.15) is 11.7 Å². The molecular formula is C10H17N5O2. The summed E-state index contributed by atoms with van der Waals surface area (Å²) in [6, 6.07) is 0. The first-order chi connectivity index (χ1) is 8.08. The Kier molecular flexibility index (Phi) is 3.28. The molecule has 0 radical (unpaired) electrons. The standard InChI is InChI=1S/C10H17N5O2/c1-15-4-2-6(3-5-15)7(9(16)17)8-12-10(11)14-13-8/h6-7H,2-5H2,1H3,(H,16,17)(H3,11,12,13,14). The molecular weight excluding hydrogens is 222 g/mol. The van der Waals surface area contributed by atoms with Crippen LogP contribution in [0.25, 0.3) is 0 Å². The summed E-state index contributed by atoms with van der Waals surface area (Å²) in [6.07, 6.45) is 1.71. The molecule has 94 valence electrons. The monoisotopic (exact) mass is 239 g/mol. The van der Waals surface area contributed by atoms with E-state index in [2.05, 4.69) is 20.1 Å². The molecule has 2 rings (SSSR count). The van der Waals surface area contributed by atoms with E-state index in [0.717, 1.165) is 25.9 Å². The number of nitrogens with zero attached hydrogens (tertiary/aromatic N) is 3. The zero-order valence-corrected chi connectivity index (χ0v) is 9.76. The van der Waals surface area contributed by atoms with Crippen molar-refractivity contribution in [3.63, 3.8) is 0 Å². The Hall–Kier alpha value is -1.63. The first kappa shape index (κ1) is 11.8. The van der Waals surface area contributed by atoms with E-state index >= 15 is 0 Å². The normalized spacial score (nSPS) is 20.3. The molecule has 17 heavy (non-hydrogen) atoms. The Labute approximate surface area is 99.0 Å². The lowest BCUT2D eigenvalue weighted by Gasteiger charge is -2.31. The zero-order chi connectivity index (χ0) is 12.4. The summed E-state index contributed by atoms with van der Waals surface area (Å²) in [5, 5.41) is 15.6. The number of carboxylic acid groups (broad SMARTS) is 1. The van der Waals surface area contributed by atoms with E-state index in [1.165, 1.54) is 0 Å². The molecule has 1 fully saturated rings. The van der Waals surface area contributed by atoms with Crippen molar-refractivity contribution < 1.29 is 9.90 Å². The van der Waals surface area contributed by atoms with E-state index in [1.54, 1.807) is 0 Å². The van der Waals surface area contributed by atoms with Crippen LogP contribution in [-0.4, -0.2) is 51.3 Å². The lowest BCUT2D eigenvalue weighted by atomic mass is 9.84. The predicted octanol–water partition coefficient (Wildman–Crippen LogP) is -0.103. The molecule has 0 amide bonds. The second-order valence-electron chi connectivity index (χ2n) is 4.54. The summed E-state index contributed by atoms with van der Waals surface area (Å²) in [4.78, 5) is 17.5. The van der Waals surface area contributed by atoms with Gasteiger partial charge in [-0.1, -0.05) is 0 Å². The van der Waals surface area contributed by atoms with Gasteiger partial charge >= 0.3 is 5.97 Å². The molecule has 1 atom stereocenters. The lowest BCUT2D eigenvalue weighted by Crippen LogP contribution is -2.35. The van der Waals surface area contributed by atoms with Gasteiger partial charge in [0, 0.05) is 0 Å². The van der Waals surface area contributed by atoms with Crippen LogP contribution in [0.4, 0.5) is 5.95 Å². The fourth-order valence-corrected chi connectivity index (χ4v) is 2.33. The molecule has 1 aliphatic heterocycles. The zero-order valence-electron chi connectivity index (χ0n) is 9.76. The number of aromatic amines is 1. The number of likely N-dealkylation sites (tertiary alicyclic amines) is 1. The summed E-state index contributed by atoms with van der Waals surface area (Å²) < 4.78 is 0. The average molecular weight is 239 g/mol. The van der Waals surface area contributed by atoms with Crippen LogP contribution in [0.2, 0.25) is 0 Å². The Morgan fingerprint density at radius 2 is 2.24 bits per heavy atom. The van der Waals surface area contributed by atoms with Gasteiger partial charge in [0.25, 0.3) is 0 Å². The van der Waals surface area contributed by atoms with Crippen molar-refractivity contribution >= 4 is 11.9 Å². The average Bonchev–Trinajstić information content (AvgIpc) is 2.68. The molecule has 1 aromatic rings. The topological polar surface area (TPSA) is 108 Å². The maximum absolute atomic E-state index is 11.3. The molecule has 1 saturated heterocycles. The summed E-state index contributed by atoms with van der Waals surface area (Å²) >= 11 is 0. The predicted molar refractivity (Wildman–Crippen MR) is 61.4 cm³/mol. The van der Waals surface area contributed by atoms with E-state index in [1.807, 2.05) is 7.05 Å². The molecule has 0 aromatic carbocycles. The van der Waals surface area contributed by atoms with Crippen molar-refractivity contribution in [2.45, 2.75) is 18.8 Å². The largest absolute Gasteiger partial charge is 0.481 e. The van der Waals surface area contributed by atoms with Crippen LogP contribution in [0.15, 0.2) is 0 Å². The van der Waals surface area contributed by atoms with Crippen molar-refractivity contribution in [2.24, 2.45) is 5.92 Å². The minimum absolute atomic E-state index is 0.0936. The van der Waals surface area contributed by atoms with Gasteiger partial charge in [-0.2, -0.15) is 4.98 Å². The van der Waals surface area contributed by atoms with E-state index in [-0.39, 0.29) is 11.9 Å². The highest BCUT2D eigenvalue weighted by atomic mass is 16.4. The minimum Gasteiger partial charge on any atom is -0.481 e. The van der Waals surface area contributed by atoms with Crippen LogP contribution in [0, 0.1) is 5.92 Å². The first-order valence-corrected chi connectivity index (χ1v) is 5.67. The van der Waals surface area contributed by atoms with E-state index < -0.39 is 11.9 Å². The van der Waals surface area contributed by atoms with Crippen LogP contribution >= 0.6 is 0 Å². The minimum atomic E-state index is -0.865. The van der Waals surface area contributed by atoms with Crippen LogP contribution in [0.1, 0.15) is 24.6 Å². The third kappa shape index (κ3) is 2.55. The highest BCUT2D eigenvalue weighted by molar-refractivity contribution is 5.75. The SMILES string of the molecule is CN1CCC(C(C(=O)O)c2nc(N)n[nH]2)CC1. The van der Waals surface area contributed by atoms with E-state index in [0.29, 0.717) is 5.82 Å². The summed E-state index contributed by atoms with van der Waals surface area (Å²) in [6.45, 7) is 1.83. The van der Waals surface area contributed by atoms with Crippen molar-refractivity contribution in [3.05, 3.63) is 5.82 Å². The lowest BCUT2D eigenvalue weighted by molar-refractivity contribution is -0.140. The Morgan fingerprint density at radius 3 is 2.71 bits per heavy atom. The number of H-pyrrole nitrogens is 1. The van der Waals surface area contributed by atoms with Crippen molar-refractivity contribution in [1.29, 1.82) is 0 Å². The van der Waals surface area contributed by atoms with Crippen LogP contribution in [0.3, 0.4) is 0 Å². The molecule has 0 saturated carbocycles. The molecule has 1 aliphatic rings. The summed E-state index contributed by atoms with van der Waals surface area (Å²) in [5.41, 5.74) is 5.41. The third-order valence-electron chi connectivity index (χ3n) is 3.32. The van der Waals surface area contributed by atoms with Gasteiger partial charge < -0.3 is 15.7 Å². The maximum Gasteiger partial charge on any atom is 0.314 e. The van der Waals surface area contributed by atoms with Crippen molar-refractivity contribution in [1.82, 2.24) is 20.1 Å². The number of nitrogens with two attached hydrogens (primary N) is 1. The number of nitrogens with one attached hydrogen (secondary N) is 1. The van der Waals surface area contributed by atoms with E-state index in [4.69, 9.17) is 5.73 Å².